The summed E-state index contributed by atoms with van der Waals surface area (Å²) in [5, 5.41) is 6.26. The van der Waals surface area contributed by atoms with Crippen molar-refractivity contribution in [1.29, 1.82) is 0 Å². The van der Waals surface area contributed by atoms with Crippen molar-refractivity contribution in [2.75, 3.05) is 19.8 Å². The molecule has 1 aliphatic heterocycles. The van der Waals surface area contributed by atoms with Crippen LogP contribution in [0.25, 0.3) is 10.8 Å². The Balaban J connectivity index is 1.62. The van der Waals surface area contributed by atoms with Crippen molar-refractivity contribution in [2.45, 2.75) is 19.4 Å². The van der Waals surface area contributed by atoms with E-state index in [1.54, 1.807) is 0 Å². The molecule has 0 saturated carbocycles. The van der Waals surface area contributed by atoms with Crippen molar-refractivity contribution in [3.63, 3.8) is 0 Å². The number of hydrogen-bond donors (Lipinski definition) is 1. The second kappa shape index (κ2) is 6.18. The van der Waals surface area contributed by atoms with Gasteiger partial charge in [0.2, 0.25) is 0 Å². The molecule has 1 heterocycles. The van der Waals surface area contributed by atoms with Crippen LogP contribution >= 0.6 is 0 Å². The van der Waals surface area contributed by atoms with Gasteiger partial charge in [0.25, 0.3) is 0 Å². The first kappa shape index (κ1) is 12.6. The van der Waals surface area contributed by atoms with Crippen LogP contribution in [0.5, 0.6) is 0 Å². The third kappa shape index (κ3) is 3.14. The lowest BCUT2D eigenvalue weighted by atomic mass is 10.0. The summed E-state index contributed by atoms with van der Waals surface area (Å²) in [6, 6.07) is 15.1. The van der Waals surface area contributed by atoms with Crippen molar-refractivity contribution in [2.24, 2.45) is 5.92 Å². The molecule has 1 atom stereocenters. The minimum atomic E-state index is 0.684. The molecule has 0 spiro atoms. The molecule has 2 heteroatoms. The molecule has 100 valence electrons. The number of nitrogens with one attached hydrogen (secondary N) is 1. The number of hydrogen-bond acceptors (Lipinski definition) is 2. The van der Waals surface area contributed by atoms with Crippen LogP contribution < -0.4 is 5.32 Å². The topological polar surface area (TPSA) is 21.3 Å². The Morgan fingerprint density at radius 2 is 2.00 bits per heavy atom. The Hall–Kier alpha value is -1.38. The summed E-state index contributed by atoms with van der Waals surface area (Å²) in [6.07, 6.45) is 2.50. The number of rotatable bonds is 4. The first-order valence-electron chi connectivity index (χ1n) is 7.18. The predicted molar refractivity (Wildman–Crippen MR) is 79.2 cm³/mol. The van der Waals surface area contributed by atoms with Crippen LogP contribution in [0.3, 0.4) is 0 Å². The van der Waals surface area contributed by atoms with Crippen molar-refractivity contribution in [3.05, 3.63) is 48.0 Å². The number of fused-ring (bicyclic) bond motifs is 1. The van der Waals surface area contributed by atoms with Gasteiger partial charge in [-0.15, -0.1) is 0 Å². The lowest BCUT2D eigenvalue weighted by Gasteiger charge is -2.22. The van der Waals surface area contributed by atoms with E-state index in [9.17, 15) is 0 Å². The molecule has 0 bridgehead atoms. The van der Waals surface area contributed by atoms with E-state index < -0.39 is 0 Å². The largest absolute Gasteiger partial charge is 0.381 e. The fourth-order valence-corrected chi connectivity index (χ4v) is 2.83. The van der Waals surface area contributed by atoms with Gasteiger partial charge in [-0.1, -0.05) is 42.5 Å². The second-order valence-electron chi connectivity index (χ2n) is 5.35. The van der Waals surface area contributed by atoms with Crippen LogP contribution in [0, 0.1) is 5.92 Å². The molecule has 19 heavy (non-hydrogen) atoms. The molecular weight excluding hydrogens is 234 g/mol. The van der Waals surface area contributed by atoms with E-state index in [1.807, 2.05) is 0 Å². The first-order chi connectivity index (χ1) is 9.43. The van der Waals surface area contributed by atoms with Gasteiger partial charge in [-0.05, 0) is 35.1 Å². The molecule has 0 aliphatic carbocycles. The molecule has 3 rings (SSSR count). The Morgan fingerprint density at radius 3 is 2.89 bits per heavy atom. The molecule has 2 aromatic carbocycles. The molecule has 0 aromatic heterocycles. The average molecular weight is 255 g/mol. The zero-order valence-electron chi connectivity index (χ0n) is 11.3. The third-order valence-corrected chi connectivity index (χ3v) is 3.88. The molecule has 1 saturated heterocycles. The van der Waals surface area contributed by atoms with Crippen LogP contribution in [-0.2, 0) is 11.3 Å². The van der Waals surface area contributed by atoms with Gasteiger partial charge < -0.3 is 10.1 Å². The lowest BCUT2D eigenvalue weighted by Crippen LogP contribution is -2.28. The van der Waals surface area contributed by atoms with Crippen LogP contribution in [0.15, 0.2) is 42.5 Å². The summed E-state index contributed by atoms with van der Waals surface area (Å²) in [5.41, 5.74) is 1.38. The van der Waals surface area contributed by atoms with Crippen molar-refractivity contribution >= 4 is 10.8 Å². The fourth-order valence-electron chi connectivity index (χ4n) is 2.83. The molecule has 1 unspecified atom stereocenters. The van der Waals surface area contributed by atoms with E-state index in [4.69, 9.17) is 4.74 Å². The van der Waals surface area contributed by atoms with Gasteiger partial charge in [-0.3, -0.25) is 0 Å². The number of ether oxygens (including phenoxy) is 1. The summed E-state index contributed by atoms with van der Waals surface area (Å²) in [5.74, 6) is 0.684. The smallest absolute Gasteiger partial charge is 0.0506 e. The van der Waals surface area contributed by atoms with Crippen LogP contribution in [0.1, 0.15) is 18.4 Å². The molecule has 0 amide bonds. The molecular formula is C17H21NO. The Morgan fingerprint density at radius 1 is 1.11 bits per heavy atom. The summed E-state index contributed by atoms with van der Waals surface area (Å²) < 4.78 is 5.52. The quantitative estimate of drug-likeness (QED) is 0.904. The number of benzene rings is 2. The van der Waals surface area contributed by atoms with E-state index in [0.29, 0.717) is 5.92 Å². The highest BCUT2D eigenvalue weighted by Gasteiger charge is 2.13. The average Bonchev–Trinajstić information content (AvgIpc) is 2.49. The highest BCUT2D eigenvalue weighted by Crippen LogP contribution is 2.18. The molecule has 1 N–H and O–H groups in total. The van der Waals surface area contributed by atoms with Gasteiger partial charge in [-0.2, -0.15) is 0 Å². The summed E-state index contributed by atoms with van der Waals surface area (Å²) >= 11 is 0. The van der Waals surface area contributed by atoms with Gasteiger partial charge in [0.1, 0.15) is 0 Å². The van der Waals surface area contributed by atoms with Gasteiger partial charge in [0, 0.05) is 19.7 Å². The standard InChI is InChI=1S/C17H21NO/c1-2-9-17-15(6-1)7-3-8-16(17)12-18-11-14-5-4-10-19-13-14/h1-3,6-9,14,18H,4-5,10-13H2. The van der Waals surface area contributed by atoms with Crippen LogP contribution in [0.4, 0.5) is 0 Å². The molecule has 2 aromatic rings. The predicted octanol–water partition coefficient (Wildman–Crippen LogP) is 3.36. The van der Waals surface area contributed by atoms with E-state index in [1.165, 1.54) is 29.2 Å². The van der Waals surface area contributed by atoms with E-state index in [0.717, 1.165) is 26.3 Å². The second-order valence-corrected chi connectivity index (χ2v) is 5.35. The lowest BCUT2D eigenvalue weighted by molar-refractivity contribution is 0.0547. The minimum Gasteiger partial charge on any atom is -0.381 e. The van der Waals surface area contributed by atoms with Gasteiger partial charge in [-0.25, -0.2) is 0 Å². The Bertz CT molecular complexity index is 526. The maximum absolute atomic E-state index is 5.52. The summed E-state index contributed by atoms with van der Waals surface area (Å²) in [6.45, 7) is 3.86. The highest BCUT2D eigenvalue weighted by molar-refractivity contribution is 5.85. The normalized spacial score (nSPS) is 19.7. The van der Waals surface area contributed by atoms with Crippen LogP contribution in [0.2, 0.25) is 0 Å². The zero-order chi connectivity index (χ0) is 12.9. The molecule has 1 aliphatic rings. The maximum atomic E-state index is 5.52. The monoisotopic (exact) mass is 255 g/mol. The van der Waals surface area contributed by atoms with Crippen molar-refractivity contribution < 1.29 is 4.74 Å². The molecule has 2 nitrogen and oxygen atoms in total. The van der Waals surface area contributed by atoms with Gasteiger partial charge in [0.15, 0.2) is 0 Å². The summed E-state index contributed by atoms with van der Waals surface area (Å²) in [4.78, 5) is 0. The fraction of sp³-hybridized carbons (Fsp3) is 0.412. The highest BCUT2D eigenvalue weighted by atomic mass is 16.5. The van der Waals surface area contributed by atoms with E-state index in [2.05, 4.69) is 47.8 Å². The van der Waals surface area contributed by atoms with E-state index in [-0.39, 0.29) is 0 Å². The Labute approximate surface area is 114 Å². The SMILES string of the molecule is c1ccc2c(CNCC3CCCOC3)cccc2c1. The van der Waals surface area contributed by atoms with Crippen molar-refractivity contribution in [1.82, 2.24) is 5.32 Å². The van der Waals surface area contributed by atoms with Gasteiger partial charge in [0.05, 0.1) is 6.61 Å². The first-order valence-corrected chi connectivity index (χ1v) is 7.18. The van der Waals surface area contributed by atoms with Crippen LogP contribution in [-0.4, -0.2) is 19.8 Å². The Kier molecular flexibility index (Phi) is 4.11. The van der Waals surface area contributed by atoms with Gasteiger partial charge >= 0.3 is 0 Å². The third-order valence-electron chi connectivity index (χ3n) is 3.88. The van der Waals surface area contributed by atoms with Crippen molar-refractivity contribution in [3.8, 4) is 0 Å². The summed E-state index contributed by atoms with van der Waals surface area (Å²) in [7, 11) is 0. The maximum Gasteiger partial charge on any atom is 0.0506 e. The zero-order valence-corrected chi connectivity index (χ0v) is 11.3. The minimum absolute atomic E-state index is 0.684. The molecule has 1 fully saturated rings. The van der Waals surface area contributed by atoms with E-state index >= 15 is 0 Å². The molecule has 0 radical (unpaired) electrons.